The molecule has 2 N–H and O–H groups in total. The zero-order valence-electron chi connectivity index (χ0n) is 14.6. The first-order valence-corrected chi connectivity index (χ1v) is 8.79. The lowest BCUT2D eigenvalue weighted by molar-refractivity contribution is -0.136. The van der Waals surface area contributed by atoms with E-state index in [4.69, 9.17) is 9.84 Å². The number of rotatable bonds is 7. The van der Waals surface area contributed by atoms with Crippen molar-refractivity contribution in [3.05, 3.63) is 35.5 Å². The van der Waals surface area contributed by atoms with Crippen molar-refractivity contribution in [1.29, 1.82) is 0 Å². The van der Waals surface area contributed by atoms with Crippen molar-refractivity contribution in [3.63, 3.8) is 0 Å². The second kappa shape index (κ2) is 8.27. The fraction of sp³-hybridized carbons (Fsp3) is 0.474. The number of fused-ring (bicyclic) bond motifs is 1. The Morgan fingerprint density at radius 2 is 2.08 bits per heavy atom. The molecule has 2 heterocycles. The number of nitrogens with zero attached hydrogens (tertiary/aromatic N) is 2. The predicted molar refractivity (Wildman–Crippen MR) is 98.2 cm³/mol. The average Bonchev–Trinajstić information content (AvgIpc) is 2.61. The molecular weight excluding hydrogens is 318 g/mol. The van der Waals surface area contributed by atoms with E-state index in [0.717, 1.165) is 67.2 Å². The normalized spacial score (nSPS) is 15.4. The van der Waals surface area contributed by atoms with E-state index < -0.39 is 5.97 Å². The molecule has 0 unspecified atom stereocenters. The molecule has 1 aliphatic rings. The van der Waals surface area contributed by atoms with Gasteiger partial charge in [-0.25, -0.2) is 0 Å². The summed E-state index contributed by atoms with van der Waals surface area (Å²) in [4.78, 5) is 18.1. The molecular formula is C19H25N3O3. The number of anilines is 1. The fourth-order valence-corrected chi connectivity index (χ4v) is 3.28. The monoisotopic (exact) mass is 343 g/mol. The maximum atomic E-state index is 11.0. The molecule has 1 aromatic heterocycles. The smallest absolute Gasteiger partial charge is 0.303 e. The largest absolute Gasteiger partial charge is 0.481 e. The third-order valence-corrected chi connectivity index (χ3v) is 4.62. The van der Waals surface area contributed by atoms with Crippen LogP contribution in [0.4, 0.5) is 5.69 Å². The molecule has 1 aromatic carbocycles. The van der Waals surface area contributed by atoms with E-state index in [1.165, 1.54) is 0 Å². The summed E-state index contributed by atoms with van der Waals surface area (Å²) >= 11 is 0. The number of ether oxygens (including phenoxy) is 1. The quantitative estimate of drug-likeness (QED) is 0.804. The third kappa shape index (κ3) is 4.46. The van der Waals surface area contributed by atoms with Crippen LogP contribution in [0.15, 0.2) is 24.3 Å². The van der Waals surface area contributed by atoms with Crippen LogP contribution in [0.1, 0.15) is 17.7 Å². The summed E-state index contributed by atoms with van der Waals surface area (Å²) < 4.78 is 5.39. The Labute approximate surface area is 147 Å². The molecule has 3 rings (SSSR count). The predicted octanol–water partition coefficient (Wildman–Crippen LogP) is 2.30. The van der Waals surface area contributed by atoms with Crippen LogP contribution in [0.3, 0.4) is 0 Å². The Morgan fingerprint density at radius 3 is 2.84 bits per heavy atom. The molecule has 1 fully saturated rings. The van der Waals surface area contributed by atoms with Gasteiger partial charge in [-0.15, -0.1) is 0 Å². The van der Waals surface area contributed by atoms with Crippen molar-refractivity contribution >= 4 is 22.6 Å². The van der Waals surface area contributed by atoms with Crippen molar-refractivity contribution in [2.75, 3.05) is 44.7 Å². The Kier molecular flexibility index (Phi) is 5.83. The number of aryl methyl sites for hydroxylation is 1. The zero-order chi connectivity index (χ0) is 17.6. The molecule has 0 amide bonds. The minimum absolute atomic E-state index is 0.110. The van der Waals surface area contributed by atoms with Gasteiger partial charge in [-0.1, -0.05) is 18.2 Å². The summed E-state index contributed by atoms with van der Waals surface area (Å²) in [5.41, 5.74) is 3.86. The van der Waals surface area contributed by atoms with E-state index >= 15 is 0 Å². The number of morpholine rings is 1. The van der Waals surface area contributed by atoms with Crippen molar-refractivity contribution < 1.29 is 14.6 Å². The SMILES string of the molecule is Cc1nc2ccccc2c(NCCN2CCOCC2)c1CCC(=O)O. The van der Waals surface area contributed by atoms with E-state index in [0.29, 0.717) is 6.42 Å². The van der Waals surface area contributed by atoms with Crippen molar-refractivity contribution in [3.8, 4) is 0 Å². The van der Waals surface area contributed by atoms with Crippen molar-refractivity contribution in [1.82, 2.24) is 9.88 Å². The van der Waals surface area contributed by atoms with Gasteiger partial charge in [0, 0.05) is 49.4 Å². The van der Waals surface area contributed by atoms with Crippen molar-refractivity contribution in [2.24, 2.45) is 0 Å². The van der Waals surface area contributed by atoms with Gasteiger partial charge < -0.3 is 15.2 Å². The number of nitrogens with one attached hydrogen (secondary N) is 1. The van der Waals surface area contributed by atoms with Gasteiger partial charge in [0.25, 0.3) is 0 Å². The van der Waals surface area contributed by atoms with Gasteiger partial charge >= 0.3 is 5.97 Å². The van der Waals surface area contributed by atoms with Gasteiger partial charge in [0.2, 0.25) is 0 Å². The summed E-state index contributed by atoms with van der Waals surface area (Å²) in [7, 11) is 0. The van der Waals surface area contributed by atoms with E-state index in [-0.39, 0.29) is 6.42 Å². The minimum atomic E-state index is -0.785. The van der Waals surface area contributed by atoms with Crippen LogP contribution in [0.25, 0.3) is 10.9 Å². The number of benzene rings is 1. The molecule has 0 saturated carbocycles. The minimum Gasteiger partial charge on any atom is -0.481 e. The topological polar surface area (TPSA) is 74.7 Å². The zero-order valence-corrected chi connectivity index (χ0v) is 14.6. The molecule has 1 saturated heterocycles. The van der Waals surface area contributed by atoms with Gasteiger partial charge in [-0.3, -0.25) is 14.7 Å². The standard InChI is InChI=1S/C19H25N3O3/c1-14-15(6-7-18(23)24)19(16-4-2-3-5-17(16)21-14)20-8-9-22-10-12-25-13-11-22/h2-5H,6-13H2,1H3,(H,20,21)(H,23,24). The molecule has 0 bridgehead atoms. The van der Waals surface area contributed by atoms with Gasteiger partial charge in [0.05, 0.1) is 18.7 Å². The van der Waals surface area contributed by atoms with Crippen molar-refractivity contribution in [2.45, 2.75) is 19.8 Å². The molecule has 6 heteroatoms. The maximum absolute atomic E-state index is 11.0. The summed E-state index contributed by atoms with van der Waals surface area (Å²) in [5.74, 6) is -0.785. The molecule has 0 radical (unpaired) electrons. The van der Waals surface area contributed by atoms with E-state index in [9.17, 15) is 4.79 Å². The number of carbonyl (C=O) groups is 1. The van der Waals surface area contributed by atoms with Gasteiger partial charge in [0.1, 0.15) is 0 Å². The highest BCUT2D eigenvalue weighted by molar-refractivity contribution is 5.93. The van der Waals surface area contributed by atoms with Gasteiger partial charge in [0.15, 0.2) is 0 Å². The molecule has 25 heavy (non-hydrogen) atoms. The lowest BCUT2D eigenvalue weighted by atomic mass is 10.0. The van der Waals surface area contributed by atoms with E-state index in [1.807, 2.05) is 31.2 Å². The van der Waals surface area contributed by atoms with E-state index in [1.54, 1.807) is 0 Å². The highest BCUT2D eigenvalue weighted by Gasteiger charge is 2.15. The maximum Gasteiger partial charge on any atom is 0.303 e. The lowest BCUT2D eigenvalue weighted by Gasteiger charge is -2.27. The van der Waals surface area contributed by atoms with Gasteiger partial charge in [-0.2, -0.15) is 0 Å². The Balaban J connectivity index is 1.81. The first-order chi connectivity index (χ1) is 12.1. The summed E-state index contributed by atoms with van der Waals surface area (Å²) in [6.45, 7) is 7.22. The number of para-hydroxylation sites is 1. The Hall–Kier alpha value is -2.18. The van der Waals surface area contributed by atoms with Crippen LogP contribution in [0.2, 0.25) is 0 Å². The number of carboxylic acids is 1. The highest BCUT2D eigenvalue weighted by atomic mass is 16.5. The number of aromatic nitrogens is 1. The third-order valence-electron chi connectivity index (χ3n) is 4.62. The second-order valence-electron chi connectivity index (χ2n) is 6.34. The molecule has 0 spiro atoms. The van der Waals surface area contributed by atoms with Crippen LogP contribution in [-0.4, -0.2) is 60.4 Å². The molecule has 0 aliphatic carbocycles. The van der Waals surface area contributed by atoms with Crippen LogP contribution >= 0.6 is 0 Å². The Morgan fingerprint density at radius 1 is 1.32 bits per heavy atom. The molecule has 0 atom stereocenters. The fourth-order valence-electron chi connectivity index (χ4n) is 3.28. The molecule has 6 nitrogen and oxygen atoms in total. The number of hydrogen-bond acceptors (Lipinski definition) is 5. The lowest BCUT2D eigenvalue weighted by Crippen LogP contribution is -2.39. The molecule has 1 aliphatic heterocycles. The summed E-state index contributed by atoms with van der Waals surface area (Å²) in [5, 5.41) is 13.7. The summed E-state index contributed by atoms with van der Waals surface area (Å²) in [6.07, 6.45) is 0.595. The Bertz CT molecular complexity index is 742. The number of pyridine rings is 1. The molecule has 2 aromatic rings. The first kappa shape index (κ1) is 17.6. The number of aliphatic carboxylic acids is 1. The van der Waals surface area contributed by atoms with Crippen LogP contribution in [0.5, 0.6) is 0 Å². The number of carboxylic acid groups (broad SMARTS) is 1. The average molecular weight is 343 g/mol. The van der Waals surface area contributed by atoms with Gasteiger partial charge in [-0.05, 0) is 25.0 Å². The first-order valence-electron chi connectivity index (χ1n) is 8.79. The summed E-state index contributed by atoms with van der Waals surface area (Å²) in [6, 6.07) is 8.01. The highest BCUT2D eigenvalue weighted by Crippen LogP contribution is 2.29. The number of hydrogen-bond donors (Lipinski definition) is 2. The van der Waals surface area contributed by atoms with Crippen LogP contribution in [-0.2, 0) is 16.0 Å². The van der Waals surface area contributed by atoms with Crippen LogP contribution < -0.4 is 5.32 Å². The second-order valence-corrected chi connectivity index (χ2v) is 6.34. The van der Waals surface area contributed by atoms with E-state index in [2.05, 4.69) is 15.2 Å². The molecule has 134 valence electrons. The van der Waals surface area contributed by atoms with Crippen LogP contribution in [0, 0.1) is 6.92 Å².